The topological polar surface area (TPSA) is 113 Å². The highest BCUT2D eigenvalue weighted by atomic mass is 32.1. The van der Waals surface area contributed by atoms with E-state index in [1.165, 1.54) is 210 Å². The van der Waals surface area contributed by atoms with E-state index in [-0.39, 0.29) is 16.6 Å². The zero-order valence-electron chi connectivity index (χ0n) is 57.4. The number of fused-ring (bicyclic) bond motifs is 2. The number of anilines is 2. The summed E-state index contributed by atoms with van der Waals surface area (Å²) in [4.78, 5) is 53.6. The average Bonchev–Trinajstić information content (AvgIpc) is 1.18. The van der Waals surface area contributed by atoms with Crippen LogP contribution in [-0.4, -0.2) is 28.7 Å². The molecule has 1 N–H and O–H groups in total. The number of aromatic nitrogens is 1. The number of rotatable bonds is 40. The van der Waals surface area contributed by atoms with Crippen LogP contribution in [0, 0.1) is 11.3 Å². The number of benzene rings is 2. The maximum absolute atomic E-state index is 14.1. The molecule has 0 unspecified atom stereocenters. The van der Waals surface area contributed by atoms with Gasteiger partial charge in [0, 0.05) is 72.1 Å². The lowest BCUT2D eigenvalue weighted by molar-refractivity contribution is -0.132. The Morgan fingerprint density at radius 3 is 1.41 bits per heavy atom. The fourth-order valence-electron chi connectivity index (χ4n) is 13.5. The molecule has 0 aliphatic carbocycles. The van der Waals surface area contributed by atoms with Crippen molar-refractivity contribution in [1.29, 1.82) is 5.26 Å². The first-order valence-electron chi connectivity index (χ1n) is 35.6. The molecule has 0 saturated carbocycles. The van der Waals surface area contributed by atoms with Crippen LogP contribution in [0.4, 0.5) is 11.4 Å². The summed E-state index contributed by atoms with van der Waals surface area (Å²) in [5.74, 6) is -1.44. The van der Waals surface area contributed by atoms with Crippen molar-refractivity contribution in [2.24, 2.45) is 0 Å². The Balaban J connectivity index is 1.16. The number of unbranched alkanes of at least 4 members (excludes halogenated alkanes) is 18. The predicted molar refractivity (Wildman–Crippen MR) is 407 cm³/mol. The van der Waals surface area contributed by atoms with Gasteiger partial charge in [0.2, 0.25) is 0 Å². The number of carboxylic acid groups (broad SMARTS) is 1. The molecular weight excluding hydrogens is 1280 g/mol. The van der Waals surface area contributed by atoms with Gasteiger partial charge < -0.3 is 14.7 Å². The van der Waals surface area contributed by atoms with Gasteiger partial charge in [-0.25, -0.2) is 4.79 Å². The van der Waals surface area contributed by atoms with Crippen LogP contribution < -0.4 is 19.7 Å². The zero-order chi connectivity index (χ0) is 66.6. The molecule has 0 atom stereocenters. The summed E-state index contributed by atoms with van der Waals surface area (Å²) in [6.07, 6.45) is 35.4. The fourth-order valence-corrected chi connectivity index (χ4v) is 21.1. The molecule has 0 radical (unpaired) electrons. The Labute approximate surface area is 585 Å². The largest absolute Gasteiger partial charge is 0.477 e. The second-order valence-corrected chi connectivity index (χ2v) is 32.7. The van der Waals surface area contributed by atoms with Crippen molar-refractivity contribution in [2.75, 3.05) is 11.4 Å². The number of aryl methyl sites for hydroxylation is 5. The van der Waals surface area contributed by atoms with Crippen molar-refractivity contribution >= 4 is 103 Å². The second-order valence-electron chi connectivity index (χ2n) is 26.3. The van der Waals surface area contributed by atoms with Gasteiger partial charge in [-0.3, -0.25) is 14.2 Å². The van der Waals surface area contributed by atoms with Gasteiger partial charge in [-0.2, -0.15) is 5.26 Å². The molecule has 0 amide bonds. The number of nitrogens with zero attached hydrogens (tertiary/aromatic N) is 3. The molecular formula is C80H101N3O5S6. The van der Waals surface area contributed by atoms with Crippen molar-refractivity contribution in [3.05, 3.63) is 136 Å². The standard InChI is InChI=1S/C80H101N3O5S6/c1-9-15-21-27-35-55-46-68(89-67(55)51-72-77(85)83(53-88-54-84)78(94-72)61(52-81)79(86)87)73-58(37-29-23-17-11-3)48-70(91-73)75-60(39-31-25-19-13-5)50-71(93-75)76-59(38-30-24-18-12-4)49-69(92-76)74-57(36-28-22-16-10-2)47-66(90-74)56-42-43-65-63(45-56)80(7,8)62-40-32-33-41-64(62)82(65)44-34-26-20-14-6/h32-33,40-43,45-51,54H,9-31,34-39,44,53H2,1-8H3,(H,86,87)/b72-51+,78-61+. The Morgan fingerprint density at radius 1 is 0.521 bits per heavy atom. The predicted octanol–water partition coefficient (Wildman–Crippen LogP) is 23.2. The van der Waals surface area contributed by atoms with Gasteiger partial charge >= 0.3 is 5.97 Å². The molecule has 14 heteroatoms. The minimum atomic E-state index is -1.44. The molecule has 94 heavy (non-hydrogen) atoms. The van der Waals surface area contributed by atoms with E-state index >= 15 is 0 Å². The highest BCUT2D eigenvalue weighted by Crippen LogP contribution is 2.54. The first kappa shape index (κ1) is 72.6. The Kier molecular flexibility index (Phi) is 27.9. The summed E-state index contributed by atoms with van der Waals surface area (Å²) in [6, 6.07) is 31.0. The lowest BCUT2D eigenvalue weighted by atomic mass is 9.73. The smallest absolute Gasteiger partial charge is 0.349 e. The van der Waals surface area contributed by atoms with E-state index in [4.69, 9.17) is 4.74 Å². The summed E-state index contributed by atoms with van der Waals surface area (Å²) >= 11 is 10.7. The lowest BCUT2D eigenvalue weighted by Crippen LogP contribution is -2.33. The molecule has 0 bridgehead atoms. The van der Waals surface area contributed by atoms with Gasteiger partial charge in [-0.1, -0.05) is 195 Å². The number of hydrogen-bond donors (Lipinski definition) is 1. The van der Waals surface area contributed by atoms with Gasteiger partial charge in [0.05, 0.1) is 4.53 Å². The van der Waals surface area contributed by atoms with E-state index in [1.807, 2.05) is 51.4 Å². The molecule has 9 rings (SSSR count). The molecule has 502 valence electrons. The Bertz CT molecular complexity index is 4020. The Hall–Kier alpha value is -5.66. The first-order chi connectivity index (χ1) is 45.8. The number of carbonyl (C=O) groups is 2. The number of hydrogen-bond acceptors (Lipinski definition) is 12. The van der Waals surface area contributed by atoms with Crippen molar-refractivity contribution in [3.63, 3.8) is 0 Å². The highest BCUT2D eigenvalue weighted by molar-refractivity contribution is 7.30. The van der Waals surface area contributed by atoms with E-state index in [2.05, 4.69) is 133 Å². The minimum absolute atomic E-state index is 0.0461. The van der Waals surface area contributed by atoms with Gasteiger partial charge in [0.15, 0.2) is 12.3 Å². The van der Waals surface area contributed by atoms with Crippen LogP contribution in [0.2, 0.25) is 0 Å². The molecule has 6 aromatic heterocycles. The third-order valence-corrected chi connectivity index (χ3v) is 26.5. The van der Waals surface area contributed by atoms with Crippen LogP contribution >= 0.6 is 68.0 Å². The number of thiophene rings is 5. The van der Waals surface area contributed by atoms with Crippen LogP contribution in [0.3, 0.4) is 0 Å². The molecule has 1 aliphatic rings. The van der Waals surface area contributed by atoms with E-state index in [1.54, 1.807) is 17.4 Å². The van der Waals surface area contributed by atoms with E-state index < -0.39 is 23.8 Å². The van der Waals surface area contributed by atoms with Crippen LogP contribution in [0.15, 0.2) is 77.6 Å². The SMILES string of the molecule is CCCCCCc1cc(-c2sc(-c3sc(-c4sc(-c5sc(-c6ccc7c(c6)C(C)(C)c6ccccc6N7CCCCCC)cc5CCCCCC)cc4CCCCCC)cc3CCCCCC)cc2CCCCCC)sc1/C=c1/s/c(=C(\C#N)C(=O)O)n(COC=O)c1=O. The van der Waals surface area contributed by atoms with E-state index in [9.17, 15) is 24.8 Å². The Morgan fingerprint density at radius 2 is 0.947 bits per heavy atom. The maximum atomic E-state index is 14.1. The summed E-state index contributed by atoms with van der Waals surface area (Å²) in [6.45, 7) is 19.3. The third kappa shape index (κ3) is 17.7. The molecule has 0 saturated heterocycles. The van der Waals surface area contributed by atoms with Crippen molar-refractivity contribution in [2.45, 2.75) is 254 Å². The average molecular weight is 1380 g/mol. The summed E-state index contributed by atoms with van der Waals surface area (Å²) in [5.41, 5.74) is 12.6. The number of aliphatic carboxylic acids is 1. The van der Waals surface area contributed by atoms with Gasteiger partial charge in [-0.05, 0) is 170 Å². The van der Waals surface area contributed by atoms with Crippen molar-refractivity contribution in [3.8, 4) is 55.5 Å². The fraction of sp³-hybridized carbons (Fsp3) is 0.500. The highest BCUT2D eigenvalue weighted by Gasteiger charge is 2.36. The van der Waals surface area contributed by atoms with Crippen LogP contribution in [-0.2, 0) is 58.6 Å². The number of carbonyl (C=O) groups excluding carboxylic acids is 1. The van der Waals surface area contributed by atoms with Gasteiger partial charge in [0.1, 0.15) is 10.7 Å². The van der Waals surface area contributed by atoms with Crippen LogP contribution in [0.25, 0.3) is 61.1 Å². The molecule has 0 spiro atoms. The molecule has 1 aliphatic heterocycles. The number of carboxylic acids is 1. The molecule has 8 aromatic rings. The van der Waals surface area contributed by atoms with Gasteiger partial charge in [0.25, 0.3) is 12.0 Å². The number of nitriles is 1. The third-order valence-electron chi connectivity index (χ3n) is 18.8. The quantitative estimate of drug-likeness (QED) is 0.0301. The van der Waals surface area contributed by atoms with E-state index in [0.717, 1.165) is 104 Å². The molecule has 7 heterocycles. The number of thiazole rings is 1. The minimum Gasteiger partial charge on any atom is -0.477 e. The molecule has 2 aromatic carbocycles. The molecule has 0 fully saturated rings. The monoisotopic (exact) mass is 1380 g/mol. The summed E-state index contributed by atoms with van der Waals surface area (Å²) in [5, 5.41) is 19.9. The maximum Gasteiger partial charge on any atom is 0.349 e. The van der Waals surface area contributed by atoms with Crippen molar-refractivity contribution < 1.29 is 19.4 Å². The van der Waals surface area contributed by atoms with Gasteiger partial charge in [-0.15, -0.1) is 68.0 Å². The lowest BCUT2D eigenvalue weighted by Gasteiger charge is -2.42. The normalized spacial score (nSPS) is 13.2. The van der Waals surface area contributed by atoms with Crippen molar-refractivity contribution in [1.82, 2.24) is 4.57 Å². The number of para-hydroxylation sites is 1. The second kappa shape index (κ2) is 36.1. The van der Waals surface area contributed by atoms with Crippen LogP contribution in [0.5, 0.6) is 0 Å². The summed E-state index contributed by atoms with van der Waals surface area (Å²) < 4.78 is 6.33. The van der Waals surface area contributed by atoms with E-state index in [0.29, 0.717) is 4.53 Å². The zero-order valence-corrected chi connectivity index (χ0v) is 62.3. The molecule has 8 nitrogen and oxygen atoms in total. The summed E-state index contributed by atoms with van der Waals surface area (Å²) in [7, 11) is 0. The first-order valence-corrected chi connectivity index (χ1v) is 40.5. The number of ether oxygens (including phenoxy) is 1. The van der Waals surface area contributed by atoms with Crippen LogP contribution in [0.1, 0.15) is 253 Å².